The van der Waals surface area contributed by atoms with E-state index in [1.165, 1.54) is 4.90 Å². The number of likely N-dealkylation sites (N-methyl/N-ethyl adjacent to an activating group) is 1. The van der Waals surface area contributed by atoms with Crippen LogP contribution in [0.3, 0.4) is 0 Å². The molecular formula is C24H18Cl2N4O2. The molecule has 0 aliphatic heterocycles. The number of fused-ring (bicyclic) bond motifs is 1. The lowest BCUT2D eigenvalue weighted by atomic mass is 10.0. The van der Waals surface area contributed by atoms with Crippen LogP contribution in [0.1, 0.15) is 10.4 Å². The van der Waals surface area contributed by atoms with Crippen molar-refractivity contribution in [3.63, 3.8) is 0 Å². The number of rotatable bonds is 5. The topological polar surface area (TPSA) is 75.2 Å². The van der Waals surface area contributed by atoms with E-state index >= 15 is 0 Å². The fourth-order valence-electron chi connectivity index (χ4n) is 3.31. The van der Waals surface area contributed by atoms with Crippen molar-refractivity contribution >= 4 is 51.6 Å². The van der Waals surface area contributed by atoms with Crippen LogP contribution in [0.15, 0.2) is 73.1 Å². The van der Waals surface area contributed by atoms with E-state index in [2.05, 4.69) is 15.3 Å². The molecule has 160 valence electrons. The van der Waals surface area contributed by atoms with E-state index in [0.29, 0.717) is 37.9 Å². The summed E-state index contributed by atoms with van der Waals surface area (Å²) in [4.78, 5) is 35.9. The summed E-state index contributed by atoms with van der Waals surface area (Å²) in [7, 11) is 1.57. The second-order valence-corrected chi connectivity index (χ2v) is 7.93. The molecular weight excluding hydrogens is 447 g/mol. The Morgan fingerprint density at radius 3 is 2.38 bits per heavy atom. The van der Waals surface area contributed by atoms with Crippen molar-refractivity contribution in [2.24, 2.45) is 0 Å². The summed E-state index contributed by atoms with van der Waals surface area (Å²) < 4.78 is 0. The molecule has 0 bridgehead atoms. The lowest BCUT2D eigenvalue weighted by molar-refractivity contribution is -0.116. The van der Waals surface area contributed by atoms with Crippen LogP contribution in [0.2, 0.25) is 10.0 Å². The number of anilines is 1. The molecule has 2 aromatic carbocycles. The Morgan fingerprint density at radius 1 is 0.969 bits per heavy atom. The number of nitrogens with one attached hydrogen (secondary N) is 1. The largest absolute Gasteiger partial charge is 0.332 e. The molecule has 0 atom stereocenters. The van der Waals surface area contributed by atoms with Gasteiger partial charge in [0.15, 0.2) is 0 Å². The number of carbonyl (C=O) groups excluding carboxylic acids is 2. The molecule has 1 N–H and O–H groups in total. The van der Waals surface area contributed by atoms with Crippen LogP contribution in [0.25, 0.3) is 22.2 Å². The average Bonchev–Trinajstić information content (AvgIpc) is 2.81. The smallest absolute Gasteiger partial charge is 0.254 e. The van der Waals surface area contributed by atoms with Gasteiger partial charge in [-0.15, -0.1) is 0 Å². The number of benzene rings is 2. The Morgan fingerprint density at radius 2 is 1.66 bits per heavy atom. The van der Waals surface area contributed by atoms with Gasteiger partial charge < -0.3 is 10.2 Å². The maximum absolute atomic E-state index is 13.3. The molecule has 0 unspecified atom stereocenters. The quantitative estimate of drug-likeness (QED) is 0.433. The summed E-state index contributed by atoms with van der Waals surface area (Å²) in [5, 5.41) is 4.02. The fraction of sp³-hybridized carbons (Fsp3) is 0.0833. The average molecular weight is 465 g/mol. The number of nitrogens with zero attached hydrogens (tertiary/aromatic N) is 3. The van der Waals surface area contributed by atoms with Gasteiger partial charge in [-0.2, -0.15) is 0 Å². The fourth-order valence-corrected chi connectivity index (χ4v) is 3.80. The molecule has 0 fully saturated rings. The highest BCUT2D eigenvalue weighted by molar-refractivity contribution is 6.39. The minimum absolute atomic E-state index is 0.179. The van der Waals surface area contributed by atoms with Gasteiger partial charge in [-0.25, -0.2) is 4.98 Å². The van der Waals surface area contributed by atoms with Crippen molar-refractivity contribution in [1.29, 1.82) is 0 Å². The second-order valence-electron chi connectivity index (χ2n) is 7.11. The van der Waals surface area contributed by atoms with Crippen molar-refractivity contribution in [1.82, 2.24) is 14.9 Å². The summed E-state index contributed by atoms with van der Waals surface area (Å²) in [5.41, 5.74) is 2.94. The number of hydrogen-bond acceptors (Lipinski definition) is 4. The van der Waals surface area contributed by atoms with E-state index in [9.17, 15) is 9.59 Å². The van der Waals surface area contributed by atoms with E-state index in [0.717, 1.165) is 5.56 Å². The van der Waals surface area contributed by atoms with Crippen LogP contribution in [0, 0.1) is 0 Å². The number of amides is 2. The molecule has 8 heteroatoms. The molecule has 0 aliphatic rings. The van der Waals surface area contributed by atoms with Crippen LogP contribution in [-0.4, -0.2) is 40.3 Å². The predicted molar refractivity (Wildman–Crippen MR) is 127 cm³/mol. The molecule has 2 heterocycles. The number of hydrogen-bond donors (Lipinski definition) is 1. The lowest BCUT2D eigenvalue weighted by Gasteiger charge is -2.19. The Kier molecular flexibility index (Phi) is 6.35. The van der Waals surface area contributed by atoms with Gasteiger partial charge in [-0.3, -0.25) is 14.6 Å². The molecule has 0 radical (unpaired) electrons. The van der Waals surface area contributed by atoms with Crippen molar-refractivity contribution in [3.05, 3.63) is 88.7 Å². The van der Waals surface area contributed by atoms with Crippen LogP contribution in [0.5, 0.6) is 0 Å². The minimum Gasteiger partial charge on any atom is -0.332 e. The zero-order chi connectivity index (χ0) is 22.7. The van der Waals surface area contributed by atoms with Gasteiger partial charge >= 0.3 is 0 Å². The van der Waals surface area contributed by atoms with Crippen molar-refractivity contribution in [2.75, 3.05) is 18.9 Å². The number of halogens is 2. The molecule has 0 aliphatic carbocycles. The molecule has 0 saturated carbocycles. The normalized spacial score (nSPS) is 10.7. The zero-order valence-electron chi connectivity index (χ0n) is 17.0. The molecule has 4 aromatic rings. The third kappa shape index (κ3) is 4.56. The summed E-state index contributed by atoms with van der Waals surface area (Å²) in [6, 6.07) is 17.7. The SMILES string of the molecule is CN(CC(=O)Nc1c(Cl)cccc1Cl)C(=O)c1cc(-c2ccncc2)nc2ccccc12. The van der Waals surface area contributed by atoms with Gasteiger partial charge in [0.1, 0.15) is 0 Å². The van der Waals surface area contributed by atoms with Gasteiger partial charge in [-0.05, 0) is 36.4 Å². The zero-order valence-corrected chi connectivity index (χ0v) is 18.6. The first-order valence-corrected chi connectivity index (χ1v) is 10.5. The molecule has 4 rings (SSSR count). The van der Waals surface area contributed by atoms with Gasteiger partial charge in [0.05, 0.1) is 39.1 Å². The van der Waals surface area contributed by atoms with E-state index in [1.54, 1.807) is 43.7 Å². The van der Waals surface area contributed by atoms with Crippen LogP contribution < -0.4 is 5.32 Å². The van der Waals surface area contributed by atoms with Gasteiger partial charge in [-0.1, -0.05) is 47.5 Å². The van der Waals surface area contributed by atoms with Crippen molar-refractivity contribution < 1.29 is 9.59 Å². The Labute approximate surface area is 194 Å². The summed E-state index contributed by atoms with van der Waals surface area (Å²) in [6.45, 7) is -0.179. The van der Waals surface area contributed by atoms with Crippen LogP contribution in [0.4, 0.5) is 5.69 Å². The first kappa shape index (κ1) is 21.7. The summed E-state index contributed by atoms with van der Waals surface area (Å²) in [6.07, 6.45) is 3.34. The second kappa shape index (κ2) is 9.34. The molecule has 2 aromatic heterocycles. The molecule has 0 saturated heterocycles. The number of aromatic nitrogens is 2. The van der Waals surface area contributed by atoms with Gasteiger partial charge in [0.2, 0.25) is 5.91 Å². The number of carbonyl (C=O) groups is 2. The van der Waals surface area contributed by atoms with E-state index in [1.807, 2.05) is 36.4 Å². The van der Waals surface area contributed by atoms with Gasteiger partial charge in [0, 0.05) is 30.4 Å². The van der Waals surface area contributed by atoms with Crippen LogP contribution >= 0.6 is 23.2 Å². The van der Waals surface area contributed by atoms with E-state index in [-0.39, 0.29) is 12.5 Å². The summed E-state index contributed by atoms with van der Waals surface area (Å²) in [5.74, 6) is -0.720. The third-order valence-electron chi connectivity index (χ3n) is 4.88. The van der Waals surface area contributed by atoms with Crippen molar-refractivity contribution in [3.8, 4) is 11.3 Å². The monoisotopic (exact) mass is 464 g/mol. The highest BCUT2D eigenvalue weighted by Gasteiger charge is 2.20. The molecule has 2 amide bonds. The van der Waals surface area contributed by atoms with Gasteiger partial charge in [0.25, 0.3) is 5.91 Å². The molecule has 32 heavy (non-hydrogen) atoms. The third-order valence-corrected chi connectivity index (χ3v) is 5.51. The lowest BCUT2D eigenvalue weighted by Crippen LogP contribution is -2.35. The van der Waals surface area contributed by atoms with Crippen molar-refractivity contribution in [2.45, 2.75) is 0 Å². The number of para-hydroxylation sites is 2. The maximum Gasteiger partial charge on any atom is 0.254 e. The standard InChI is InChI=1S/C24H18Cl2N4O2/c1-30(14-22(31)29-23-18(25)6-4-7-19(23)26)24(32)17-13-21(15-9-11-27-12-10-15)28-20-8-3-2-5-16(17)20/h2-13H,14H2,1H3,(H,29,31). The Balaban J connectivity index is 1.62. The first-order chi connectivity index (χ1) is 15.4. The summed E-state index contributed by atoms with van der Waals surface area (Å²) >= 11 is 12.2. The minimum atomic E-state index is -0.413. The molecule has 0 spiro atoms. The van der Waals surface area contributed by atoms with Crippen LogP contribution in [-0.2, 0) is 4.79 Å². The molecule has 6 nitrogen and oxygen atoms in total. The highest BCUT2D eigenvalue weighted by atomic mass is 35.5. The first-order valence-electron chi connectivity index (χ1n) is 9.73. The maximum atomic E-state index is 13.3. The number of pyridine rings is 2. The Bertz CT molecular complexity index is 1290. The van der Waals surface area contributed by atoms with E-state index in [4.69, 9.17) is 23.2 Å². The predicted octanol–water partition coefficient (Wildman–Crippen LogP) is 5.31. The highest BCUT2D eigenvalue weighted by Crippen LogP contribution is 2.30. The van der Waals surface area contributed by atoms with E-state index < -0.39 is 5.91 Å². The Hall–Kier alpha value is -3.48.